The molecular weight excluding hydrogens is 336 g/mol. The third kappa shape index (κ3) is 3.19. The van der Waals surface area contributed by atoms with Gasteiger partial charge in [0.1, 0.15) is 0 Å². The van der Waals surface area contributed by atoms with E-state index in [0.29, 0.717) is 6.42 Å². The van der Waals surface area contributed by atoms with Crippen LogP contribution in [-0.2, 0) is 21.1 Å². The standard InChI is InChI=1S/C19H20N2O3S/c22-19-16(11-14-7-3-1-4-8-14)20-17-12-25(23,24)13-18(17)21(19)15-9-5-2-6-10-15/h1-10,16-18,20H,11-13H2/t16-,17+,18-/m0/s1. The molecule has 0 aliphatic carbocycles. The molecule has 1 amide bonds. The van der Waals surface area contributed by atoms with E-state index in [-0.39, 0.29) is 29.5 Å². The first kappa shape index (κ1) is 16.3. The fourth-order valence-electron chi connectivity index (χ4n) is 3.81. The number of sulfone groups is 1. The number of rotatable bonds is 3. The Balaban J connectivity index is 1.69. The number of hydrogen-bond acceptors (Lipinski definition) is 4. The maximum absolute atomic E-state index is 13.2. The smallest absolute Gasteiger partial charge is 0.244 e. The molecule has 0 spiro atoms. The number of carbonyl (C=O) groups excluding carboxylic acids is 1. The van der Waals surface area contributed by atoms with Crippen molar-refractivity contribution < 1.29 is 13.2 Å². The van der Waals surface area contributed by atoms with Crippen LogP contribution in [0.2, 0.25) is 0 Å². The topological polar surface area (TPSA) is 66.5 Å². The van der Waals surface area contributed by atoms with E-state index < -0.39 is 15.9 Å². The van der Waals surface area contributed by atoms with Crippen LogP contribution in [0.15, 0.2) is 60.7 Å². The molecule has 2 saturated heterocycles. The summed E-state index contributed by atoms with van der Waals surface area (Å²) in [6.45, 7) is 0. The number of anilines is 1. The molecule has 2 aliphatic heterocycles. The van der Waals surface area contributed by atoms with Gasteiger partial charge in [0.05, 0.1) is 23.6 Å². The van der Waals surface area contributed by atoms with Crippen molar-refractivity contribution in [2.75, 3.05) is 16.4 Å². The highest BCUT2D eigenvalue weighted by atomic mass is 32.2. The largest absolute Gasteiger partial charge is 0.305 e. The van der Waals surface area contributed by atoms with Gasteiger partial charge in [-0.15, -0.1) is 0 Å². The van der Waals surface area contributed by atoms with Gasteiger partial charge in [0, 0.05) is 11.7 Å². The van der Waals surface area contributed by atoms with Crippen molar-refractivity contribution in [1.82, 2.24) is 5.32 Å². The van der Waals surface area contributed by atoms with Crippen LogP contribution < -0.4 is 10.2 Å². The van der Waals surface area contributed by atoms with Gasteiger partial charge in [-0.2, -0.15) is 0 Å². The van der Waals surface area contributed by atoms with Gasteiger partial charge >= 0.3 is 0 Å². The minimum atomic E-state index is -3.15. The van der Waals surface area contributed by atoms with Crippen LogP contribution in [0.3, 0.4) is 0 Å². The fraction of sp³-hybridized carbons (Fsp3) is 0.316. The highest BCUT2D eigenvalue weighted by Gasteiger charge is 2.49. The molecule has 2 aromatic carbocycles. The first-order valence-corrected chi connectivity index (χ1v) is 10.2. The quantitative estimate of drug-likeness (QED) is 0.903. The molecule has 6 heteroatoms. The molecule has 3 atom stereocenters. The Morgan fingerprint density at radius 2 is 1.60 bits per heavy atom. The SMILES string of the molecule is O=C1[C@H](Cc2ccccc2)N[C@@H]2CS(=O)(=O)C[C@@H]2N1c1ccccc1. The molecular formula is C19H20N2O3S. The van der Waals surface area contributed by atoms with Gasteiger partial charge in [0.15, 0.2) is 9.84 Å². The zero-order chi connectivity index (χ0) is 17.4. The summed E-state index contributed by atoms with van der Waals surface area (Å²) in [4.78, 5) is 14.8. The molecule has 130 valence electrons. The normalized spacial score (nSPS) is 27.9. The minimum absolute atomic E-state index is 0.0172. The molecule has 1 N–H and O–H groups in total. The van der Waals surface area contributed by atoms with Crippen LogP contribution in [0.25, 0.3) is 0 Å². The van der Waals surface area contributed by atoms with E-state index in [1.807, 2.05) is 60.7 Å². The lowest BCUT2D eigenvalue weighted by molar-refractivity contribution is -0.122. The summed E-state index contributed by atoms with van der Waals surface area (Å²) in [6, 6.07) is 18.2. The number of nitrogens with zero attached hydrogens (tertiary/aromatic N) is 1. The maximum atomic E-state index is 13.2. The Morgan fingerprint density at radius 1 is 0.960 bits per heavy atom. The van der Waals surface area contributed by atoms with Crippen molar-refractivity contribution in [3.05, 3.63) is 66.2 Å². The van der Waals surface area contributed by atoms with Gasteiger partial charge in [-0.05, 0) is 24.1 Å². The second-order valence-electron chi connectivity index (χ2n) is 6.70. The average Bonchev–Trinajstić information content (AvgIpc) is 2.91. The number of amides is 1. The molecule has 0 bridgehead atoms. The number of hydrogen-bond donors (Lipinski definition) is 1. The lowest BCUT2D eigenvalue weighted by Gasteiger charge is -2.41. The summed E-state index contributed by atoms with van der Waals surface area (Å²) in [5, 5.41) is 3.30. The number of benzene rings is 2. The molecule has 4 rings (SSSR count). The van der Waals surface area contributed by atoms with E-state index in [1.165, 1.54) is 0 Å². The van der Waals surface area contributed by atoms with Crippen molar-refractivity contribution in [3.63, 3.8) is 0 Å². The third-order valence-electron chi connectivity index (χ3n) is 4.92. The predicted octanol–water partition coefficient (Wildman–Crippen LogP) is 1.40. The molecule has 2 aromatic rings. The fourth-order valence-corrected chi connectivity index (χ4v) is 5.71. The first-order valence-electron chi connectivity index (χ1n) is 8.42. The van der Waals surface area contributed by atoms with Gasteiger partial charge < -0.3 is 4.90 Å². The summed E-state index contributed by atoms with van der Waals surface area (Å²) in [5.41, 5.74) is 1.82. The summed E-state index contributed by atoms with van der Waals surface area (Å²) in [5.74, 6) is 0.0385. The first-order chi connectivity index (χ1) is 12.0. The summed E-state index contributed by atoms with van der Waals surface area (Å²) >= 11 is 0. The monoisotopic (exact) mass is 356 g/mol. The molecule has 2 fully saturated rings. The molecule has 25 heavy (non-hydrogen) atoms. The second-order valence-corrected chi connectivity index (χ2v) is 8.86. The van der Waals surface area contributed by atoms with Crippen LogP contribution >= 0.6 is 0 Å². The lowest BCUT2D eigenvalue weighted by atomic mass is 9.96. The number of carbonyl (C=O) groups is 1. The highest BCUT2D eigenvalue weighted by molar-refractivity contribution is 7.91. The van der Waals surface area contributed by atoms with Crippen LogP contribution in [-0.4, -0.2) is 44.0 Å². The van der Waals surface area contributed by atoms with Crippen molar-refractivity contribution in [1.29, 1.82) is 0 Å². The Morgan fingerprint density at radius 3 is 2.28 bits per heavy atom. The Bertz CT molecular complexity index is 868. The summed E-state index contributed by atoms with van der Waals surface area (Å²) in [6.07, 6.45) is 0.548. The van der Waals surface area contributed by atoms with Crippen LogP contribution in [0, 0.1) is 0 Å². The van der Waals surface area contributed by atoms with Crippen LogP contribution in [0.1, 0.15) is 5.56 Å². The molecule has 0 radical (unpaired) electrons. The number of para-hydroxylation sites is 1. The number of nitrogens with one attached hydrogen (secondary N) is 1. The number of fused-ring (bicyclic) bond motifs is 1. The van der Waals surface area contributed by atoms with Crippen molar-refractivity contribution in [2.45, 2.75) is 24.5 Å². The van der Waals surface area contributed by atoms with Crippen molar-refractivity contribution in [3.8, 4) is 0 Å². The molecule has 0 unspecified atom stereocenters. The van der Waals surface area contributed by atoms with Gasteiger partial charge in [-0.1, -0.05) is 48.5 Å². The molecule has 2 heterocycles. The van der Waals surface area contributed by atoms with Crippen molar-refractivity contribution >= 4 is 21.4 Å². The van der Waals surface area contributed by atoms with E-state index >= 15 is 0 Å². The Labute approximate surface area is 147 Å². The highest BCUT2D eigenvalue weighted by Crippen LogP contribution is 2.29. The van der Waals surface area contributed by atoms with E-state index in [9.17, 15) is 13.2 Å². The summed E-state index contributed by atoms with van der Waals surface area (Å²) in [7, 11) is -3.15. The van der Waals surface area contributed by atoms with E-state index in [0.717, 1.165) is 11.3 Å². The third-order valence-corrected chi connectivity index (χ3v) is 6.64. The molecule has 0 aromatic heterocycles. The van der Waals surface area contributed by atoms with Gasteiger partial charge in [-0.25, -0.2) is 8.42 Å². The predicted molar refractivity (Wildman–Crippen MR) is 97.2 cm³/mol. The maximum Gasteiger partial charge on any atom is 0.244 e. The van der Waals surface area contributed by atoms with Gasteiger partial charge in [0.2, 0.25) is 5.91 Å². The molecule has 0 saturated carbocycles. The van der Waals surface area contributed by atoms with E-state index in [1.54, 1.807) is 4.90 Å². The average molecular weight is 356 g/mol. The Kier molecular flexibility index (Phi) is 4.09. The zero-order valence-electron chi connectivity index (χ0n) is 13.7. The van der Waals surface area contributed by atoms with Crippen LogP contribution in [0.4, 0.5) is 5.69 Å². The summed E-state index contributed by atoms with van der Waals surface area (Å²) < 4.78 is 24.3. The lowest BCUT2D eigenvalue weighted by Crippen LogP contribution is -2.65. The van der Waals surface area contributed by atoms with Gasteiger partial charge in [0.25, 0.3) is 0 Å². The second kappa shape index (κ2) is 6.28. The minimum Gasteiger partial charge on any atom is -0.305 e. The zero-order valence-corrected chi connectivity index (χ0v) is 14.5. The molecule has 5 nitrogen and oxygen atoms in total. The van der Waals surface area contributed by atoms with E-state index in [2.05, 4.69) is 5.32 Å². The van der Waals surface area contributed by atoms with Crippen LogP contribution in [0.5, 0.6) is 0 Å². The van der Waals surface area contributed by atoms with Crippen molar-refractivity contribution in [2.24, 2.45) is 0 Å². The van der Waals surface area contributed by atoms with E-state index in [4.69, 9.17) is 0 Å². The number of piperazine rings is 1. The Hall–Kier alpha value is -2.18. The molecule has 2 aliphatic rings. The van der Waals surface area contributed by atoms with Gasteiger partial charge in [-0.3, -0.25) is 10.1 Å².